The number of anilines is 1. The number of para-hydroxylation sites is 2. The van der Waals surface area contributed by atoms with Crippen LogP contribution in [-0.4, -0.2) is 21.2 Å². The van der Waals surface area contributed by atoms with Gasteiger partial charge in [-0.1, -0.05) is 61.2 Å². The van der Waals surface area contributed by atoms with Crippen molar-refractivity contribution in [2.24, 2.45) is 0 Å². The molecule has 0 unspecified atom stereocenters. The van der Waals surface area contributed by atoms with Crippen LogP contribution in [0.5, 0.6) is 0 Å². The smallest absolute Gasteiger partial charge is 0.266 e. The maximum absolute atomic E-state index is 13.5. The predicted molar refractivity (Wildman–Crippen MR) is 137 cm³/mol. The van der Waals surface area contributed by atoms with E-state index in [4.69, 9.17) is 4.98 Å². The van der Waals surface area contributed by atoms with Crippen molar-refractivity contribution >= 4 is 34.3 Å². The van der Waals surface area contributed by atoms with E-state index in [0.717, 1.165) is 40.0 Å². The van der Waals surface area contributed by atoms with Gasteiger partial charge in [-0.2, -0.15) is 0 Å². The number of amides is 1. The molecule has 0 radical (unpaired) electrons. The summed E-state index contributed by atoms with van der Waals surface area (Å²) in [7, 11) is 0. The van der Waals surface area contributed by atoms with Crippen molar-refractivity contribution in [2.45, 2.75) is 39.3 Å². The normalized spacial score (nSPS) is 11.0. The second-order valence-corrected chi connectivity index (χ2v) is 9.01. The molecule has 0 fully saturated rings. The molecule has 0 bridgehead atoms. The van der Waals surface area contributed by atoms with E-state index in [0.29, 0.717) is 16.1 Å². The average Bonchev–Trinajstić information content (AvgIpc) is 2.81. The second kappa shape index (κ2) is 9.63. The maximum atomic E-state index is 13.5. The lowest BCUT2D eigenvalue weighted by atomic mass is 10.1. The van der Waals surface area contributed by atoms with E-state index in [-0.39, 0.29) is 17.2 Å². The molecule has 0 aliphatic rings. The van der Waals surface area contributed by atoms with Gasteiger partial charge in [0.15, 0.2) is 5.16 Å². The number of carbonyl (C=O) groups is 1. The lowest BCUT2D eigenvalue weighted by Crippen LogP contribution is -2.24. The molecule has 0 saturated heterocycles. The number of rotatable bonds is 6. The minimum atomic E-state index is -0.135. The van der Waals surface area contributed by atoms with Gasteiger partial charge in [-0.25, -0.2) is 4.98 Å². The van der Waals surface area contributed by atoms with E-state index in [1.807, 2.05) is 75.4 Å². The molecule has 33 heavy (non-hydrogen) atoms. The fourth-order valence-electron chi connectivity index (χ4n) is 3.91. The van der Waals surface area contributed by atoms with Crippen LogP contribution in [0.2, 0.25) is 0 Å². The Morgan fingerprint density at radius 2 is 1.70 bits per heavy atom. The minimum Gasteiger partial charge on any atom is -0.325 e. The van der Waals surface area contributed by atoms with Crippen LogP contribution in [0.4, 0.5) is 5.69 Å². The third-order valence-electron chi connectivity index (χ3n) is 5.90. The largest absolute Gasteiger partial charge is 0.325 e. The minimum absolute atomic E-state index is 0.126. The molecule has 1 aromatic heterocycles. The Morgan fingerprint density at radius 3 is 2.48 bits per heavy atom. The Kier molecular flexibility index (Phi) is 6.65. The van der Waals surface area contributed by atoms with Gasteiger partial charge in [0.2, 0.25) is 5.91 Å². The van der Waals surface area contributed by atoms with Crippen molar-refractivity contribution < 1.29 is 4.79 Å². The molecule has 0 saturated carbocycles. The van der Waals surface area contributed by atoms with Gasteiger partial charge in [-0.15, -0.1) is 0 Å². The van der Waals surface area contributed by atoms with Crippen molar-refractivity contribution in [3.8, 4) is 5.69 Å². The Morgan fingerprint density at radius 1 is 0.970 bits per heavy atom. The van der Waals surface area contributed by atoms with Crippen LogP contribution in [0.1, 0.15) is 29.2 Å². The van der Waals surface area contributed by atoms with Crippen molar-refractivity contribution in [1.29, 1.82) is 0 Å². The summed E-state index contributed by atoms with van der Waals surface area (Å²) in [5.41, 5.74) is 6.37. The summed E-state index contributed by atoms with van der Waals surface area (Å²) in [6.45, 7) is 8.08. The lowest BCUT2D eigenvalue weighted by molar-refractivity contribution is -0.113. The number of aromatic nitrogens is 2. The predicted octanol–water partition coefficient (Wildman–Crippen LogP) is 5.60. The summed E-state index contributed by atoms with van der Waals surface area (Å²) in [6.07, 6.45) is 0.836. The van der Waals surface area contributed by atoms with Crippen LogP contribution in [0, 0.1) is 20.8 Å². The van der Waals surface area contributed by atoms with Crippen molar-refractivity contribution in [1.82, 2.24) is 9.55 Å². The maximum Gasteiger partial charge on any atom is 0.266 e. The summed E-state index contributed by atoms with van der Waals surface area (Å²) in [5.74, 6) is 0.0200. The molecule has 4 rings (SSSR count). The summed E-state index contributed by atoms with van der Waals surface area (Å²) in [5, 5.41) is 4.11. The molecular formula is C27H27N3O2S. The highest BCUT2D eigenvalue weighted by molar-refractivity contribution is 7.99. The van der Waals surface area contributed by atoms with Crippen molar-refractivity contribution in [3.63, 3.8) is 0 Å². The highest BCUT2D eigenvalue weighted by Crippen LogP contribution is 2.26. The van der Waals surface area contributed by atoms with Gasteiger partial charge in [0, 0.05) is 5.69 Å². The van der Waals surface area contributed by atoms with Crippen LogP contribution < -0.4 is 10.9 Å². The van der Waals surface area contributed by atoms with Crippen LogP contribution in [0.3, 0.4) is 0 Å². The van der Waals surface area contributed by atoms with Crippen LogP contribution in [0.15, 0.2) is 70.6 Å². The summed E-state index contributed by atoms with van der Waals surface area (Å²) in [4.78, 5) is 31.1. The molecule has 168 valence electrons. The van der Waals surface area contributed by atoms with Gasteiger partial charge in [0.05, 0.1) is 22.3 Å². The monoisotopic (exact) mass is 457 g/mol. The number of hydrogen-bond donors (Lipinski definition) is 1. The summed E-state index contributed by atoms with van der Waals surface area (Å²) < 4.78 is 1.63. The molecule has 1 N–H and O–H groups in total. The number of carbonyl (C=O) groups excluding carboxylic acids is 1. The van der Waals surface area contributed by atoms with E-state index < -0.39 is 0 Å². The summed E-state index contributed by atoms with van der Waals surface area (Å²) in [6, 6.07) is 19.2. The van der Waals surface area contributed by atoms with Gasteiger partial charge >= 0.3 is 0 Å². The summed E-state index contributed by atoms with van der Waals surface area (Å²) >= 11 is 1.27. The molecule has 3 aromatic carbocycles. The molecule has 0 spiro atoms. The zero-order chi connectivity index (χ0) is 23.5. The average molecular weight is 458 g/mol. The molecule has 6 heteroatoms. The number of nitrogens with one attached hydrogen (secondary N) is 1. The fourth-order valence-corrected chi connectivity index (χ4v) is 4.71. The SMILES string of the molecule is CCc1cccc(C)c1NC(=O)CSc1nc2ccccc2c(=O)n1-c1cccc(C)c1C. The van der Waals surface area contributed by atoms with Crippen LogP contribution in [0.25, 0.3) is 16.6 Å². The molecule has 0 aliphatic carbocycles. The first-order valence-electron chi connectivity index (χ1n) is 11.0. The third kappa shape index (κ3) is 4.57. The van der Waals surface area contributed by atoms with Gasteiger partial charge in [-0.05, 0) is 67.6 Å². The van der Waals surface area contributed by atoms with Crippen LogP contribution >= 0.6 is 11.8 Å². The van der Waals surface area contributed by atoms with E-state index in [9.17, 15) is 9.59 Å². The lowest BCUT2D eigenvalue weighted by Gasteiger charge is -2.17. The number of benzene rings is 3. The molecule has 0 aliphatic heterocycles. The van der Waals surface area contributed by atoms with Gasteiger partial charge in [0.1, 0.15) is 0 Å². The first-order chi connectivity index (χ1) is 15.9. The topological polar surface area (TPSA) is 64.0 Å². The van der Waals surface area contributed by atoms with E-state index in [2.05, 4.69) is 12.2 Å². The van der Waals surface area contributed by atoms with E-state index in [1.165, 1.54) is 11.8 Å². The number of hydrogen-bond acceptors (Lipinski definition) is 4. The zero-order valence-electron chi connectivity index (χ0n) is 19.3. The van der Waals surface area contributed by atoms with Gasteiger partial charge < -0.3 is 5.32 Å². The molecule has 1 amide bonds. The van der Waals surface area contributed by atoms with Gasteiger partial charge in [0.25, 0.3) is 5.56 Å². The highest BCUT2D eigenvalue weighted by atomic mass is 32.2. The zero-order valence-corrected chi connectivity index (χ0v) is 20.1. The highest BCUT2D eigenvalue weighted by Gasteiger charge is 2.17. The van der Waals surface area contributed by atoms with Crippen molar-refractivity contribution in [2.75, 3.05) is 11.1 Å². The number of aryl methyl sites for hydroxylation is 3. The quantitative estimate of drug-likeness (QED) is 0.302. The second-order valence-electron chi connectivity index (χ2n) is 8.07. The Labute approximate surface area is 197 Å². The van der Waals surface area contributed by atoms with Gasteiger partial charge in [-0.3, -0.25) is 14.2 Å². The number of thioether (sulfide) groups is 1. The Balaban J connectivity index is 1.71. The first-order valence-corrected chi connectivity index (χ1v) is 12.0. The molecule has 0 atom stereocenters. The first kappa shape index (κ1) is 22.8. The number of nitrogens with zero attached hydrogens (tertiary/aromatic N) is 2. The molecule has 4 aromatic rings. The third-order valence-corrected chi connectivity index (χ3v) is 6.84. The molecule has 1 heterocycles. The molecule has 5 nitrogen and oxygen atoms in total. The van der Waals surface area contributed by atoms with E-state index >= 15 is 0 Å². The van der Waals surface area contributed by atoms with Crippen molar-refractivity contribution in [3.05, 3.63) is 93.3 Å². The standard InChI is InChI=1S/C27H27N3O2S/c1-5-20-12-8-11-18(3)25(20)29-24(31)16-33-27-28-22-14-7-6-13-21(22)26(32)30(27)23-15-9-10-17(2)19(23)4/h6-15H,5,16H2,1-4H3,(H,29,31). The number of fused-ring (bicyclic) bond motifs is 1. The van der Waals surface area contributed by atoms with E-state index in [1.54, 1.807) is 10.6 Å². The Bertz CT molecular complexity index is 1410. The Hall–Kier alpha value is -3.38. The molecular weight excluding hydrogens is 430 g/mol. The fraction of sp³-hybridized carbons (Fsp3) is 0.222. The van der Waals surface area contributed by atoms with Crippen LogP contribution in [-0.2, 0) is 11.2 Å².